The predicted molar refractivity (Wildman–Crippen MR) is 71.4 cm³/mol. The van der Waals surface area contributed by atoms with Crippen LogP contribution < -0.4 is 5.73 Å². The van der Waals surface area contributed by atoms with Gasteiger partial charge in [-0.15, -0.1) is 11.3 Å². The molecule has 0 unspecified atom stereocenters. The van der Waals surface area contributed by atoms with Crippen molar-refractivity contribution >= 4 is 39.0 Å². The lowest BCUT2D eigenvalue weighted by Gasteiger charge is -1.91. The zero-order valence-electron chi connectivity index (χ0n) is 9.33. The van der Waals surface area contributed by atoms with E-state index in [1.54, 1.807) is 0 Å². The first-order chi connectivity index (χ1) is 8.54. The monoisotopic (exact) mass is 282 g/mol. The van der Waals surface area contributed by atoms with E-state index in [9.17, 15) is 4.39 Å². The normalized spacial score (nSPS) is 11.3. The van der Waals surface area contributed by atoms with Crippen molar-refractivity contribution in [2.75, 3.05) is 5.73 Å². The maximum Gasteiger partial charge on any atom is 0.230 e. The van der Waals surface area contributed by atoms with Crippen molar-refractivity contribution in [2.24, 2.45) is 0 Å². The number of anilines is 1. The molecule has 0 aliphatic carbocycles. The summed E-state index contributed by atoms with van der Waals surface area (Å²) in [6, 6.07) is 4.36. The first-order valence-corrected chi connectivity index (χ1v) is 6.36. The van der Waals surface area contributed by atoms with Crippen molar-refractivity contribution in [1.82, 2.24) is 4.98 Å². The average Bonchev–Trinajstić information content (AvgIpc) is 2.81. The molecule has 0 amide bonds. The van der Waals surface area contributed by atoms with Crippen LogP contribution in [0, 0.1) is 12.7 Å². The molecule has 0 bridgehead atoms. The molecule has 6 heteroatoms. The van der Waals surface area contributed by atoms with Gasteiger partial charge in [-0.05, 0) is 19.1 Å². The maximum absolute atomic E-state index is 13.2. The quantitative estimate of drug-likeness (QED) is 0.726. The number of nitrogens with zero attached hydrogens (tertiary/aromatic N) is 1. The number of benzene rings is 1. The molecule has 0 atom stereocenters. The number of aryl methyl sites for hydroxylation is 1. The minimum Gasteiger partial charge on any atom is -0.434 e. The summed E-state index contributed by atoms with van der Waals surface area (Å²) in [6.45, 7) is 1.94. The molecule has 3 rings (SSSR count). The number of thiophene rings is 1. The van der Waals surface area contributed by atoms with Gasteiger partial charge in [0.25, 0.3) is 0 Å². The molecular weight excluding hydrogens is 275 g/mol. The summed E-state index contributed by atoms with van der Waals surface area (Å²) in [6.07, 6.45) is 0. The second kappa shape index (κ2) is 3.96. The van der Waals surface area contributed by atoms with Crippen LogP contribution in [0.3, 0.4) is 0 Å². The molecule has 3 aromatic rings. The number of nitrogens with two attached hydrogens (primary N) is 1. The van der Waals surface area contributed by atoms with Gasteiger partial charge in [0, 0.05) is 10.9 Å². The Morgan fingerprint density at radius 2 is 2.17 bits per heavy atom. The van der Waals surface area contributed by atoms with Crippen LogP contribution in [0.25, 0.3) is 22.6 Å². The molecule has 0 saturated carbocycles. The third-order valence-corrected chi connectivity index (χ3v) is 3.68. The molecule has 92 valence electrons. The fraction of sp³-hybridized carbons (Fsp3) is 0.0833. The van der Waals surface area contributed by atoms with E-state index in [-0.39, 0.29) is 5.02 Å². The summed E-state index contributed by atoms with van der Waals surface area (Å²) in [7, 11) is 0. The van der Waals surface area contributed by atoms with Crippen molar-refractivity contribution in [3.05, 3.63) is 33.9 Å². The number of hydrogen-bond acceptors (Lipinski definition) is 4. The highest BCUT2D eigenvalue weighted by Crippen LogP contribution is 2.36. The van der Waals surface area contributed by atoms with Crippen molar-refractivity contribution < 1.29 is 8.81 Å². The Bertz CT molecular complexity index is 750. The Morgan fingerprint density at radius 3 is 2.83 bits per heavy atom. The highest BCUT2D eigenvalue weighted by molar-refractivity contribution is 7.16. The van der Waals surface area contributed by atoms with E-state index in [1.165, 1.54) is 23.5 Å². The summed E-state index contributed by atoms with van der Waals surface area (Å²) in [5.41, 5.74) is 7.35. The molecule has 2 heterocycles. The first kappa shape index (κ1) is 11.5. The molecule has 0 radical (unpaired) electrons. The van der Waals surface area contributed by atoms with Crippen LogP contribution >= 0.6 is 22.9 Å². The van der Waals surface area contributed by atoms with Crippen LogP contribution in [0.4, 0.5) is 9.39 Å². The molecule has 3 nitrogen and oxygen atoms in total. The molecule has 1 aromatic carbocycles. The Morgan fingerprint density at radius 1 is 1.39 bits per heavy atom. The lowest BCUT2D eigenvalue weighted by Crippen LogP contribution is -1.82. The smallest absolute Gasteiger partial charge is 0.230 e. The first-order valence-electron chi connectivity index (χ1n) is 5.16. The lowest BCUT2D eigenvalue weighted by atomic mass is 10.3. The van der Waals surface area contributed by atoms with Gasteiger partial charge in [-0.1, -0.05) is 11.6 Å². The van der Waals surface area contributed by atoms with E-state index in [0.29, 0.717) is 27.6 Å². The van der Waals surface area contributed by atoms with E-state index >= 15 is 0 Å². The van der Waals surface area contributed by atoms with E-state index in [4.69, 9.17) is 21.8 Å². The molecule has 18 heavy (non-hydrogen) atoms. The summed E-state index contributed by atoms with van der Waals surface area (Å²) in [5.74, 6) is -0.0822. The van der Waals surface area contributed by atoms with Crippen LogP contribution in [0.1, 0.15) is 4.88 Å². The average molecular weight is 283 g/mol. The van der Waals surface area contributed by atoms with Crippen molar-refractivity contribution in [1.29, 1.82) is 0 Å². The van der Waals surface area contributed by atoms with Crippen LogP contribution in [0.2, 0.25) is 5.02 Å². The standard InChI is InChI=1S/C12H8ClFN2OS/c1-5-2-7(11(15)18-5)12-16-9-4-6(14)3-8(13)10(9)17-12/h2-4H,15H2,1H3. The van der Waals surface area contributed by atoms with E-state index < -0.39 is 5.82 Å². The molecule has 0 aliphatic rings. The van der Waals surface area contributed by atoms with Gasteiger partial charge in [-0.25, -0.2) is 9.37 Å². The lowest BCUT2D eigenvalue weighted by molar-refractivity contribution is 0.614. The molecular formula is C12H8ClFN2OS. The zero-order valence-corrected chi connectivity index (χ0v) is 10.9. The molecule has 2 N–H and O–H groups in total. The summed E-state index contributed by atoms with van der Waals surface area (Å²) >= 11 is 7.36. The number of nitrogen functional groups attached to an aromatic ring is 1. The highest BCUT2D eigenvalue weighted by Gasteiger charge is 2.16. The molecule has 0 aliphatic heterocycles. The van der Waals surface area contributed by atoms with Crippen molar-refractivity contribution in [3.63, 3.8) is 0 Å². The van der Waals surface area contributed by atoms with Crippen LogP contribution in [-0.4, -0.2) is 4.98 Å². The summed E-state index contributed by atoms with van der Waals surface area (Å²) in [5, 5.41) is 0.824. The van der Waals surface area contributed by atoms with Gasteiger partial charge in [-0.2, -0.15) is 0 Å². The van der Waals surface area contributed by atoms with Crippen LogP contribution in [0.5, 0.6) is 0 Å². The van der Waals surface area contributed by atoms with Gasteiger partial charge in [-0.3, -0.25) is 0 Å². The van der Waals surface area contributed by atoms with Gasteiger partial charge in [0.2, 0.25) is 5.89 Å². The van der Waals surface area contributed by atoms with Crippen LogP contribution in [0.15, 0.2) is 22.6 Å². The minimum absolute atomic E-state index is 0.203. The zero-order chi connectivity index (χ0) is 12.9. The number of hydrogen-bond donors (Lipinski definition) is 1. The van der Waals surface area contributed by atoms with Gasteiger partial charge in [0.15, 0.2) is 5.58 Å². The fourth-order valence-electron chi connectivity index (χ4n) is 1.77. The van der Waals surface area contributed by atoms with Crippen molar-refractivity contribution in [2.45, 2.75) is 6.92 Å². The Kier molecular flexibility index (Phi) is 2.53. The second-order valence-electron chi connectivity index (χ2n) is 3.89. The third kappa shape index (κ3) is 1.76. The molecule has 0 fully saturated rings. The SMILES string of the molecule is Cc1cc(-c2nc3cc(F)cc(Cl)c3o2)c(N)s1. The number of aromatic nitrogens is 1. The van der Waals surface area contributed by atoms with E-state index in [2.05, 4.69) is 4.98 Å². The highest BCUT2D eigenvalue weighted by atomic mass is 35.5. The summed E-state index contributed by atoms with van der Waals surface area (Å²) < 4.78 is 18.8. The third-order valence-electron chi connectivity index (χ3n) is 2.52. The van der Waals surface area contributed by atoms with Gasteiger partial charge >= 0.3 is 0 Å². The molecule has 2 aromatic heterocycles. The fourth-order valence-corrected chi connectivity index (χ4v) is 2.79. The Balaban J connectivity index is 2.25. The number of fused-ring (bicyclic) bond motifs is 1. The van der Waals surface area contributed by atoms with E-state index in [1.807, 2.05) is 13.0 Å². The van der Waals surface area contributed by atoms with Crippen LogP contribution in [-0.2, 0) is 0 Å². The molecule has 0 spiro atoms. The van der Waals surface area contributed by atoms with Gasteiger partial charge < -0.3 is 10.2 Å². The predicted octanol–water partition coefficient (Wildman–Crippen LogP) is 4.24. The van der Waals surface area contributed by atoms with Gasteiger partial charge in [0.1, 0.15) is 11.3 Å². The Labute approximate surface area is 111 Å². The number of halogens is 2. The maximum atomic E-state index is 13.2. The second-order valence-corrected chi connectivity index (χ2v) is 5.58. The number of oxazole rings is 1. The number of rotatable bonds is 1. The van der Waals surface area contributed by atoms with Gasteiger partial charge in [0.05, 0.1) is 15.6 Å². The topological polar surface area (TPSA) is 52.0 Å². The van der Waals surface area contributed by atoms with E-state index in [0.717, 1.165) is 4.88 Å². The largest absolute Gasteiger partial charge is 0.434 e. The van der Waals surface area contributed by atoms with Crippen molar-refractivity contribution in [3.8, 4) is 11.5 Å². The minimum atomic E-state index is -0.443. The molecule has 0 saturated heterocycles. The Hall–Kier alpha value is -1.59. The summed E-state index contributed by atoms with van der Waals surface area (Å²) in [4.78, 5) is 5.27.